The Bertz CT molecular complexity index is 1090. The van der Waals surface area contributed by atoms with Crippen molar-refractivity contribution in [3.05, 3.63) is 68.9 Å². The summed E-state index contributed by atoms with van der Waals surface area (Å²) in [5.41, 5.74) is 1.01. The minimum Gasteiger partial charge on any atom is -0.345 e. The van der Waals surface area contributed by atoms with Crippen LogP contribution in [0, 0.1) is 0 Å². The molecule has 0 spiro atoms. The fourth-order valence-corrected chi connectivity index (χ4v) is 3.64. The van der Waals surface area contributed by atoms with E-state index in [2.05, 4.69) is 20.8 Å². The molecule has 2 aromatic carbocycles. The van der Waals surface area contributed by atoms with Gasteiger partial charge >= 0.3 is 0 Å². The van der Waals surface area contributed by atoms with Crippen molar-refractivity contribution >= 4 is 64.1 Å². The summed E-state index contributed by atoms with van der Waals surface area (Å²) >= 11 is 18.9. The van der Waals surface area contributed by atoms with Crippen molar-refractivity contribution in [1.82, 2.24) is 20.1 Å². The van der Waals surface area contributed by atoms with Crippen LogP contribution in [-0.4, -0.2) is 32.3 Å². The highest BCUT2D eigenvalue weighted by atomic mass is 35.5. The van der Waals surface area contributed by atoms with Gasteiger partial charge in [0.15, 0.2) is 11.0 Å². The van der Waals surface area contributed by atoms with Crippen LogP contribution in [0.15, 0.2) is 47.6 Å². The zero-order chi connectivity index (χ0) is 21.7. The summed E-state index contributed by atoms with van der Waals surface area (Å²) in [5, 5.41) is 15.4. The van der Waals surface area contributed by atoms with Crippen molar-refractivity contribution in [2.24, 2.45) is 7.05 Å². The first kappa shape index (κ1) is 22.4. The number of hydrogen-bond acceptors (Lipinski definition) is 5. The van der Waals surface area contributed by atoms with Gasteiger partial charge in [-0.25, -0.2) is 0 Å². The maximum Gasteiger partial charge on any atom is 0.251 e. The van der Waals surface area contributed by atoms with Crippen LogP contribution in [0.5, 0.6) is 0 Å². The number of nitrogens with zero attached hydrogens (tertiary/aromatic N) is 3. The molecular weight excluding hydrogens is 469 g/mol. The molecule has 1 heterocycles. The van der Waals surface area contributed by atoms with Crippen molar-refractivity contribution in [2.45, 2.75) is 11.7 Å². The number of nitrogens with one attached hydrogen (secondary N) is 2. The predicted molar refractivity (Wildman–Crippen MR) is 119 cm³/mol. The second kappa shape index (κ2) is 10.2. The molecular formula is C19H16Cl3N5O2S. The van der Waals surface area contributed by atoms with Crippen molar-refractivity contribution in [3.63, 3.8) is 0 Å². The van der Waals surface area contributed by atoms with Crippen molar-refractivity contribution < 1.29 is 9.59 Å². The summed E-state index contributed by atoms with van der Waals surface area (Å²) in [7, 11) is 1.76. The summed E-state index contributed by atoms with van der Waals surface area (Å²) in [6.45, 7) is 0.165. The zero-order valence-electron chi connectivity index (χ0n) is 15.7. The number of amides is 2. The molecule has 0 atom stereocenters. The lowest BCUT2D eigenvalue weighted by Gasteiger charge is -2.07. The van der Waals surface area contributed by atoms with Gasteiger partial charge in [-0.05, 0) is 36.4 Å². The molecule has 0 aliphatic rings. The number of aromatic nitrogens is 3. The molecule has 0 bridgehead atoms. The minimum absolute atomic E-state index is 0.147. The largest absolute Gasteiger partial charge is 0.345 e. The van der Waals surface area contributed by atoms with Gasteiger partial charge in [0.1, 0.15) is 0 Å². The molecule has 156 valence electrons. The van der Waals surface area contributed by atoms with Crippen LogP contribution < -0.4 is 10.6 Å². The fourth-order valence-electron chi connectivity index (χ4n) is 2.42. The van der Waals surface area contributed by atoms with Gasteiger partial charge in [0.2, 0.25) is 5.91 Å². The molecule has 1 aromatic heterocycles. The highest BCUT2D eigenvalue weighted by molar-refractivity contribution is 7.99. The van der Waals surface area contributed by atoms with Gasteiger partial charge in [-0.3, -0.25) is 9.59 Å². The first-order chi connectivity index (χ1) is 14.3. The van der Waals surface area contributed by atoms with E-state index >= 15 is 0 Å². The van der Waals surface area contributed by atoms with Gasteiger partial charge in [-0.1, -0.05) is 52.6 Å². The standard InChI is InChI=1S/C19H16Cl3N5O2S/c1-27-16(9-23-18(29)11-5-6-14(21)15(22)7-11)25-26-19(27)30-10-17(28)24-13-4-2-3-12(20)8-13/h2-8H,9-10H2,1H3,(H,23,29)(H,24,28). The molecule has 0 saturated carbocycles. The number of halogens is 3. The Kier molecular flexibility index (Phi) is 7.60. The first-order valence-corrected chi connectivity index (χ1v) is 10.7. The summed E-state index contributed by atoms with van der Waals surface area (Å²) < 4.78 is 1.71. The Labute approximate surface area is 192 Å². The van der Waals surface area contributed by atoms with E-state index in [0.717, 1.165) is 0 Å². The van der Waals surface area contributed by atoms with E-state index in [9.17, 15) is 9.59 Å². The van der Waals surface area contributed by atoms with Crippen LogP contribution in [0.1, 0.15) is 16.2 Å². The molecule has 0 radical (unpaired) electrons. The van der Waals surface area contributed by atoms with Gasteiger partial charge in [-0.15, -0.1) is 10.2 Å². The third-order valence-corrected chi connectivity index (χ3v) is 5.95. The monoisotopic (exact) mass is 483 g/mol. The number of hydrogen-bond donors (Lipinski definition) is 2. The Morgan fingerprint density at radius 3 is 2.60 bits per heavy atom. The molecule has 3 rings (SSSR count). The third-order valence-electron chi connectivity index (χ3n) is 3.95. The van der Waals surface area contributed by atoms with Crippen LogP contribution >= 0.6 is 46.6 Å². The minimum atomic E-state index is -0.313. The summed E-state index contributed by atoms with van der Waals surface area (Å²) in [4.78, 5) is 24.4. The van der Waals surface area contributed by atoms with E-state index in [4.69, 9.17) is 34.8 Å². The molecule has 0 aliphatic heterocycles. The average Bonchev–Trinajstić information content (AvgIpc) is 3.06. The lowest BCUT2D eigenvalue weighted by molar-refractivity contribution is -0.113. The van der Waals surface area contributed by atoms with Crippen LogP contribution in [0.4, 0.5) is 5.69 Å². The number of rotatable bonds is 7. The van der Waals surface area contributed by atoms with E-state index in [-0.39, 0.29) is 24.1 Å². The number of carbonyl (C=O) groups excluding carboxylic acids is 2. The lowest BCUT2D eigenvalue weighted by Crippen LogP contribution is -2.24. The highest BCUT2D eigenvalue weighted by Gasteiger charge is 2.14. The third kappa shape index (κ3) is 5.89. The molecule has 2 N–H and O–H groups in total. The Morgan fingerprint density at radius 2 is 1.87 bits per heavy atom. The fraction of sp³-hybridized carbons (Fsp3) is 0.158. The number of thioether (sulfide) groups is 1. The zero-order valence-corrected chi connectivity index (χ0v) is 18.7. The predicted octanol–water partition coefficient (Wildman–Crippen LogP) is 4.44. The van der Waals surface area contributed by atoms with Crippen LogP contribution in [-0.2, 0) is 18.4 Å². The van der Waals surface area contributed by atoms with Gasteiger partial charge in [0, 0.05) is 23.3 Å². The first-order valence-electron chi connectivity index (χ1n) is 8.63. The van der Waals surface area contributed by atoms with E-state index < -0.39 is 0 Å². The van der Waals surface area contributed by atoms with E-state index in [1.54, 1.807) is 48.0 Å². The number of anilines is 1. The van der Waals surface area contributed by atoms with E-state index in [0.29, 0.717) is 37.3 Å². The van der Waals surface area contributed by atoms with Gasteiger partial charge in [-0.2, -0.15) is 0 Å². The normalized spacial score (nSPS) is 10.7. The van der Waals surface area contributed by atoms with Crippen molar-refractivity contribution in [3.8, 4) is 0 Å². The second-order valence-electron chi connectivity index (χ2n) is 6.12. The molecule has 0 aliphatic carbocycles. The molecule has 0 unspecified atom stereocenters. The maximum atomic E-state index is 12.3. The average molecular weight is 485 g/mol. The lowest BCUT2D eigenvalue weighted by atomic mass is 10.2. The summed E-state index contributed by atoms with van der Waals surface area (Å²) in [5.74, 6) is 0.182. The quantitative estimate of drug-likeness (QED) is 0.484. The maximum absolute atomic E-state index is 12.3. The van der Waals surface area contributed by atoms with Gasteiger partial charge in [0.05, 0.1) is 22.3 Å². The molecule has 0 saturated heterocycles. The van der Waals surface area contributed by atoms with Gasteiger partial charge < -0.3 is 15.2 Å². The van der Waals surface area contributed by atoms with Crippen LogP contribution in [0.25, 0.3) is 0 Å². The number of carbonyl (C=O) groups is 2. The Morgan fingerprint density at radius 1 is 1.07 bits per heavy atom. The summed E-state index contributed by atoms with van der Waals surface area (Å²) in [6.07, 6.45) is 0. The smallest absolute Gasteiger partial charge is 0.251 e. The molecule has 2 amide bonds. The van der Waals surface area contributed by atoms with Crippen molar-refractivity contribution in [2.75, 3.05) is 11.1 Å². The van der Waals surface area contributed by atoms with E-state index in [1.165, 1.54) is 17.8 Å². The van der Waals surface area contributed by atoms with Crippen LogP contribution in [0.3, 0.4) is 0 Å². The van der Waals surface area contributed by atoms with Gasteiger partial charge in [0.25, 0.3) is 5.91 Å². The van der Waals surface area contributed by atoms with Crippen molar-refractivity contribution in [1.29, 1.82) is 0 Å². The summed E-state index contributed by atoms with van der Waals surface area (Å²) in [6, 6.07) is 11.5. The molecule has 3 aromatic rings. The SMILES string of the molecule is Cn1c(CNC(=O)c2ccc(Cl)c(Cl)c2)nnc1SCC(=O)Nc1cccc(Cl)c1. The molecule has 0 fully saturated rings. The molecule has 30 heavy (non-hydrogen) atoms. The number of benzene rings is 2. The van der Waals surface area contributed by atoms with E-state index in [1.807, 2.05) is 0 Å². The van der Waals surface area contributed by atoms with Crippen LogP contribution in [0.2, 0.25) is 15.1 Å². The highest BCUT2D eigenvalue weighted by Crippen LogP contribution is 2.22. The Hall–Kier alpha value is -2.26. The molecule has 7 nitrogen and oxygen atoms in total. The second-order valence-corrected chi connectivity index (χ2v) is 8.31. The molecule has 11 heteroatoms. The Balaban J connectivity index is 1.53. The topological polar surface area (TPSA) is 88.9 Å².